The molecule has 0 saturated carbocycles. The van der Waals surface area contributed by atoms with Crippen LogP contribution in [-0.2, 0) is 20.7 Å². The third kappa shape index (κ3) is 5.66. The van der Waals surface area contributed by atoms with Gasteiger partial charge in [0.25, 0.3) is 0 Å². The van der Waals surface area contributed by atoms with Crippen molar-refractivity contribution < 1.29 is 23.8 Å². The van der Waals surface area contributed by atoms with Gasteiger partial charge in [-0.1, -0.05) is 18.2 Å². The zero-order valence-corrected chi connectivity index (χ0v) is 15.4. The van der Waals surface area contributed by atoms with Gasteiger partial charge in [-0.05, 0) is 39.7 Å². The molecule has 138 valence electrons. The topological polar surface area (TPSA) is 65.1 Å². The molecule has 0 aliphatic carbocycles. The molecular weight excluding hydrogens is 322 g/mol. The molecular formula is C19H27NO5. The number of carbonyl (C=O) groups is 2. The van der Waals surface area contributed by atoms with E-state index in [4.69, 9.17) is 14.2 Å². The molecule has 0 radical (unpaired) electrons. The van der Waals surface area contributed by atoms with E-state index in [0.717, 1.165) is 18.4 Å². The average Bonchev–Trinajstić information content (AvgIpc) is 3.01. The molecule has 6 nitrogen and oxygen atoms in total. The third-order valence-corrected chi connectivity index (χ3v) is 3.97. The molecule has 0 unspecified atom stereocenters. The lowest BCUT2D eigenvalue weighted by Gasteiger charge is -2.28. The second-order valence-corrected chi connectivity index (χ2v) is 7.14. The smallest absolute Gasteiger partial charge is 0.410 e. The number of para-hydroxylation sites is 1. The number of nitrogens with zero attached hydrogens (tertiary/aromatic N) is 1. The molecule has 25 heavy (non-hydrogen) atoms. The highest BCUT2D eigenvalue weighted by atomic mass is 16.6. The number of likely N-dealkylation sites (tertiary alicyclic amines) is 1. The summed E-state index contributed by atoms with van der Waals surface area (Å²) in [6.07, 6.45) is 1.66. The van der Waals surface area contributed by atoms with Crippen molar-refractivity contribution in [1.29, 1.82) is 0 Å². The number of carbonyl (C=O) groups excluding carboxylic acids is 2. The number of methoxy groups -OCH3 is 1. The molecule has 1 aromatic rings. The second kappa shape index (κ2) is 8.23. The third-order valence-electron chi connectivity index (χ3n) is 3.97. The largest absolute Gasteiger partial charge is 0.491 e. The van der Waals surface area contributed by atoms with Crippen molar-refractivity contribution >= 4 is 12.1 Å². The molecule has 0 bridgehead atoms. The summed E-state index contributed by atoms with van der Waals surface area (Å²) in [4.78, 5) is 25.6. The quantitative estimate of drug-likeness (QED) is 0.764. The highest BCUT2D eigenvalue weighted by Crippen LogP contribution is 2.24. The summed E-state index contributed by atoms with van der Waals surface area (Å²) in [5.41, 5.74) is 0.259. The number of esters is 1. The lowest BCUT2D eigenvalue weighted by Crippen LogP contribution is -2.42. The molecule has 0 N–H and O–H groups in total. The molecule has 1 fully saturated rings. The van der Waals surface area contributed by atoms with Crippen LogP contribution in [0, 0.1) is 0 Å². The van der Waals surface area contributed by atoms with Crippen LogP contribution in [0.2, 0.25) is 0 Å². The average molecular weight is 349 g/mol. The summed E-state index contributed by atoms with van der Waals surface area (Å²) >= 11 is 0. The predicted octanol–water partition coefficient (Wildman–Crippen LogP) is 3.18. The Balaban J connectivity index is 1.98. The van der Waals surface area contributed by atoms with Crippen molar-refractivity contribution in [1.82, 2.24) is 4.90 Å². The van der Waals surface area contributed by atoms with E-state index in [0.29, 0.717) is 18.9 Å². The predicted molar refractivity (Wildman–Crippen MR) is 93.6 cm³/mol. The van der Waals surface area contributed by atoms with Gasteiger partial charge in [-0.25, -0.2) is 4.79 Å². The Morgan fingerprint density at radius 3 is 2.64 bits per heavy atom. The normalized spacial score (nSPS) is 17.3. The molecule has 0 aromatic heterocycles. The maximum atomic E-state index is 12.3. The van der Waals surface area contributed by atoms with Crippen molar-refractivity contribution in [3.63, 3.8) is 0 Å². The number of hydrogen-bond acceptors (Lipinski definition) is 5. The SMILES string of the molecule is COC(=O)Cc1ccccc1OC[C@@H]1CCCN1C(=O)OC(C)(C)C. The maximum Gasteiger partial charge on any atom is 0.410 e. The standard InChI is InChI=1S/C19H27NO5/c1-19(2,3)25-18(22)20-11-7-9-15(20)13-24-16-10-6-5-8-14(16)12-17(21)23-4/h5-6,8,10,15H,7,9,11-13H2,1-4H3/t15-/m0/s1. The van der Waals surface area contributed by atoms with Gasteiger partial charge < -0.3 is 19.1 Å². The van der Waals surface area contributed by atoms with Crippen LogP contribution >= 0.6 is 0 Å². The van der Waals surface area contributed by atoms with Crippen molar-refractivity contribution in [3.05, 3.63) is 29.8 Å². The van der Waals surface area contributed by atoms with Gasteiger partial charge in [0.15, 0.2) is 0 Å². The van der Waals surface area contributed by atoms with Crippen LogP contribution in [0.4, 0.5) is 4.79 Å². The Kier molecular flexibility index (Phi) is 6.28. The number of amides is 1. The minimum Gasteiger partial charge on any atom is -0.491 e. The molecule has 1 aliphatic rings. The molecule has 1 saturated heterocycles. The van der Waals surface area contributed by atoms with Crippen LogP contribution in [0.3, 0.4) is 0 Å². The van der Waals surface area contributed by atoms with Gasteiger partial charge in [-0.3, -0.25) is 4.79 Å². The van der Waals surface area contributed by atoms with Crippen molar-refractivity contribution in [2.75, 3.05) is 20.3 Å². The van der Waals surface area contributed by atoms with E-state index in [2.05, 4.69) is 0 Å². The van der Waals surface area contributed by atoms with E-state index < -0.39 is 5.60 Å². The van der Waals surface area contributed by atoms with Gasteiger partial charge in [0, 0.05) is 12.1 Å². The van der Waals surface area contributed by atoms with Gasteiger partial charge in [0.2, 0.25) is 0 Å². The molecule has 2 rings (SSSR count). The van der Waals surface area contributed by atoms with Gasteiger partial charge in [-0.15, -0.1) is 0 Å². The number of benzene rings is 1. The lowest BCUT2D eigenvalue weighted by molar-refractivity contribution is -0.139. The zero-order valence-electron chi connectivity index (χ0n) is 15.4. The fourth-order valence-electron chi connectivity index (χ4n) is 2.77. The first-order valence-electron chi connectivity index (χ1n) is 8.57. The summed E-state index contributed by atoms with van der Waals surface area (Å²) in [7, 11) is 1.36. The van der Waals surface area contributed by atoms with Crippen LogP contribution in [-0.4, -0.2) is 48.9 Å². The Bertz CT molecular complexity index is 608. The van der Waals surface area contributed by atoms with Crippen molar-refractivity contribution in [2.45, 2.75) is 51.7 Å². The fraction of sp³-hybridized carbons (Fsp3) is 0.579. The Hall–Kier alpha value is -2.24. The molecule has 1 heterocycles. The Labute approximate surface area is 149 Å². The summed E-state index contributed by atoms with van der Waals surface area (Å²) in [5, 5.41) is 0. The van der Waals surface area contributed by atoms with Crippen LogP contribution in [0.15, 0.2) is 24.3 Å². The number of ether oxygens (including phenoxy) is 3. The van der Waals surface area contributed by atoms with E-state index in [1.54, 1.807) is 4.90 Å². The monoisotopic (exact) mass is 349 g/mol. The minimum atomic E-state index is -0.516. The first kappa shape index (κ1) is 19.1. The van der Waals surface area contributed by atoms with Crippen LogP contribution in [0.1, 0.15) is 39.2 Å². The van der Waals surface area contributed by atoms with Gasteiger partial charge >= 0.3 is 12.1 Å². The summed E-state index contributed by atoms with van der Waals surface area (Å²) < 4.78 is 16.1. The van der Waals surface area contributed by atoms with Crippen LogP contribution in [0.25, 0.3) is 0 Å². The van der Waals surface area contributed by atoms with E-state index in [1.165, 1.54) is 7.11 Å². The Morgan fingerprint density at radius 1 is 1.24 bits per heavy atom. The first-order chi connectivity index (χ1) is 11.8. The summed E-state index contributed by atoms with van der Waals surface area (Å²) in [6.45, 7) is 6.62. The molecule has 1 aromatic carbocycles. The molecule has 1 aliphatic heterocycles. The molecule has 6 heteroatoms. The molecule has 1 atom stereocenters. The van der Waals surface area contributed by atoms with E-state index >= 15 is 0 Å². The number of hydrogen-bond donors (Lipinski definition) is 0. The van der Waals surface area contributed by atoms with Crippen LogP contribution < -0.4 is 4.74 Å². The van der Waals surface area contributed by atoms with Gasteiger partial charge in [-0.2, -0.15) is 0 Å². The number of rotatable bonds is 5. The fourth-order valence-corrected chi connectivity index (χ4v) is 2.77. The zero-order chi connectivity index (χ0) is 18.4. The maximum absolute atomic E-state index is 12.3. The van der Waals surface area contributed by atoms with Crippen molar-refractivity contribution in [2.24, 2.45) is 0 Å². The lowest BCUT2D eigenvalue weighted by atomic mass is 10.1. The Morgan fingerprint density at radius 2 is 1.96 bits per heavy atom. The molecule has 0 spiro atoms. The van der Waals surface area contributed by atoms with Gasteiger partial charge in [0.1, 0.15) is 18.0 Å². The van der Waals surface area contributed by atoms with Gasteiger partial charge in [0.05, 0.1) is 19.6 Å². The second-order valence-electron chi connectivity index (χ2n) is 7.14. The summed E-state index contributed by atoms with van der Waals surface area (Å²) in [5.74, 6) is 0.330. The highest BCUT2D eigenvalue weighted by molar-refractivity contribution is 5.73. The first-order valence-corrected chi connectivity index (χ1v) is 8.57. The van der Waals surface area contributed by atoms with E-state index in [1.807, 2.05) is 45.0 Å². The minimum absolute atomic E-state index is 0.0268. The highest BCUT2D eigenvalue weighted by Gasteiger charge is 2.32. The van der Waals surface area contributed by atoms with E-state index in [-0.39, 0.29) is 24.5 Å². The van der Waals surface area contributed by atoms with E-state index in [9.17, 15) is 9.59 Å². The van der Waals surface area contributed by atoms with Crippen LogP contribution in [0.5, 0.6) is 5.75 Å². The molecule has 1 amide bonds. The summed E-state index contributed by atoms with van der Waals surface area (Å²) in [6, 6.07) is 7.35. The van der Waals surface area contributed by atoms with Crippen molar-refractivity contribution in [3.8, 4) is 5.75 Å².